The molecule has 1 rings (SSSR count). The molecule has 1 saturated heterocycles. The van der Waals surface area contributed by atoms with Gasteiger partial charge in [-0.1, -0.05) is 5.92 Å². The highest BCUT2D eigenvalue weighted by molar-refractivity contribution is 5.76. The molecule has 1 heterocycles. The van der Waals surface area contributed by atoms with E-state index in [4.69, 9.17) is 0 Å². The van der Waals surface area contributed by atoms with Crippen LogP contribution in [-0.4, -0.2) is 25.0 Å². The van der Waals surface area contributed by atoms with Crippen LogP contribution in [0.4, 0.5) is 0 Å². The van der Waals surface area contributed by atoms with E-state index in [-0.39, 0.29) is 5.91 Å². The van der Waals surface area contributed by atoms with Gasteiger partial charge in [0.05, 0.1) is 6.54 Å². The predicted octanol–water partition coefficient (Wildman–Crippen LogP) is 0.268. The summed E-state index contributed by atoms with van der Waals surface area (Å²) in [6.07, 6.45) is 2.89. The molecule has 0 bridgehead atoms. The van der Waals surface area contributed by atoms with Crippen LogP contribution in [0.2, 0.25) is 0 Å². The van der Waals surface area contributed by atoms with Crippen LogP contribution in [0.5, 0.6) is 0 Å². The van der Waals surface area contributed by atoms with Gasteiger partial charge in [-0.15, -0.1) is 5.92 Å². The van der Waals surface area contributed by atoms with Gasteiger partial charge < -0.3 is 10.6 Å². The minimum atomic E-state index is 0.0992. The second-order valence-corrected chi connectivity index (χ2v) is 3.20. The molecule has 0 saturated carbocycles. The van der Waals surface area contributed by atoms with Crippen molar-refractivity contribution in [3.63, 3.8) is 0 Å². The molecule has 2 N–H and O–H groups in total. The summed E-state index contributed by atoms with van der Waals surface area (Å²) >= 11 is 0. The normalized spacial score (nSPS) is 20.5. The van der Waals surface area contributed by atoms with Crippen molar-refractivity contribution in [1.29, 1.82) is 0 Å². The number of carbonyl (C=O) groups excluding carboxylic acids is 1. The van der Waals surface area contributed by atoms with Crippen LogP contribution < -0.4 is 10.6 Å². The molecule has 72 valence electrons. The number of hydrogen-bond acceptors (Lipinski definition) is 2. The van der Waals surface area contributed by atoms with E-state index >= 15 is 0 Å². The third-order valence-corrected chi connectivity index (χ3v) is 2.14. The van der Waals surface area contributed by atoms with Gasteiger partial charge in [-0.05, 0) is 26.3 Å². The molecule has 0 spiro atoms. The average Bonchev–Trinajstić information content (AvgIpc) is 2.57. The molecule has 3 nitrogen and oxygen atoms in total. The largest absolute Gasteiger partial charge is 0.345 e. The Morgan fingerprint density at radius 1 is 1.69 bits per heavy atom. The highest BCUT2D eigenvalue weighted by Gasteiger charge is 2.16. The van der Waals surface area contributed by atoms with Gasteiger partial charge >= 0.3 is 0 Å². The third-order valence-electron chi connectivity index (χ3n) is 2.14. The minimum absolute atomic E-state index is 0.0992. The summed E-state index contributed by atoms with van der Waals surface area (Å²) in [6.45, 7) is 3.29. The van der Waals surface area contributed by atoms with E-state index in [1.165, 1.54) is 6.42 Å². The van der Waals surface area contributed by atoms with Gasteiger partial charge in [0, 0.05) is 12.5 Å². The summed E-state index contributed by atoms with van der Waals surface area (Å²) in [7, 11) is 0. The summed E-state index contributed by atoms with van der Waals surface area (Å²) in [5.41, 5.74) is 0. The van der Waals surface area contributed by atoms with Gasteiger partial charge in [0.1, 0.15) is 0 Å². The molecule has 0 aromatic heterocycles. The van der Waals surface area contributed by atoms with E-state index in [0.29, 0.717) is 19.0 Å². The Morgan fingerprint density at radius 3 is 3.15 bits per heavy atom. The minimum Gasteiger partial charge on any atom is -0.345 e. The van der Waals surface area contributed by atoms with E-state index in [1.54, 1.807) is 6.92 Å². The van der Waals surface area contributed by atoms with Gasteiger partial charge in [0.25, 0.3) is 0 Å². The number of nitrogens with one attached hydrogen (secondary N) is 2. The molecule has 0 aromatic carbocycles. The zero-order valence-electron chi connectivity index (χ0n) is 8.02. The van der Waals surface area contributed by atoms with E-state index in [1.807, 2.05) is 0 Å². The maximum absolute atomic E-state index is 11.3. The van der Waals surface area contributed by atoms with Gasteiger partial charge in [0.15, 0.2) is 0 Å². The zero-order valence-corrected chi connectivity index (χ0v) is 8.02. The second-order valence-electron chi connectivity index (χ2n) is 3.20. The van der Waals surface area contributed by atoms with Crippen molar-refractivity contribution < 1.29 is 4.79 Å². The van der Waals surface area contributed by atoms with E-state index in [9.17, 15) is 4.79 Å². The molecule has 0 radical (unpaired) electrons. The monoisotopic (exact) mass is 180 g/mol. The van der Waals surface area contributed by atoms with Gasteiger partial charge in [-0.2, -0.15) is 0 Å². The average molecular weight is 180 g/mol. The van der Waals surface area contributed by atoms with Crippen molar-refractivity contribution in [2.45, 2.75) is 32.2 Å². The third kappa shape index (κ3) is 3.95. The van der Waals surface area contributed by atoms with Crippen molar-refractivity contribution in [2.75, 3.05) is 13.1 Å². The molecular weight excluding hydrogens is 164 g/mol. The van der Waals surface area contributed by atoms with Crippen LogP contribution in [0.1, 0.15) is 26.2 Å². The highest BCUT2D eigenvalue weighted by Crippen LogP contribution is 2.07. The first-order valence-corrected chi connectivity index (χ1v) is 4.72. The SMILES string of the molecule is CC#CCNC(=O)CC1CCCN1. The van der Waals surface area contributed by atoms with Crippen molar-refractivity contribution >= 4 is 5.91 Å². The molecule has 13 heavy (non-hydrogen) atoms. The number of carbonyl (C=O) groups is 1. The number of hydrogen-bond donors (Lipinski definition) is 2. The lowest BCUT2D eigenvalue weighted by Gasteiger charge is -2.08. The van der Waals surface area contributed by atoms with Crippen LogP contribution in [0.15, 0.2) is 0 Å². The lowest BCUT2D eigenvalue weighted by Crippen LogP contribution is -2.31. The molecule has 1 aliphatic rings. The van der Waals surface area contributed by atoms with Crippen LogP contribution in [0.3, 0.4) is 0 Å². The summed E-state index contributed by atoms with van der Waals surface area (Å²) < 4.78 is 0. The first kappa shape index (κ1) is 10.1. The van der Waals surface area contributed by atoms with Crippen LogP contribution in [0, 0.1) is 11.8 Å². The topological polar surface area (TPSA) is 41.1 Å². The molecular formula is C10H16N2O. The number of rotatable bonds is 3. The fourth-order valence-electron chi connectivity index (χ4n) is 1.46. The Morgan fingerprint density at radius 2 is 2.54 bits per heavy atom. The van der Waals surface area contributed by atoms with Gasteiger partial charge in [-0.25, -0.2) is 0 Å². The Bertz CT molecular complexity index is 221. The molecule has 0 aliphatic carbocycles. The fourth-order valence-corrected chi connectivity index (χ4v) is 1.46. The first-order chi connectivity index (χ1) is 6.33. The van der Waals surface area contributed by atoms with Crippen molar-refractivity contribution in [3.05, 3.63) is 0 Å². The van der Waals surface area contributed by atoms with Gasteiger partial charge in [-0.3, -0.25) is 4.79 Å². The summed E-state index contributed by atoms with van der Waals surface area (Å²) in [5, 5.41) is 6.04. The maximum Gasteiger partial charge on any atom is 0.222 e. The predicted molar refractivity (Wildman–Crippen MR) is 52.1 cm³/mol. The first-order valence-electron chi connectivity index (χ1n) is 4.72. The Labute approximate surface area is 79.3 Å². The quantitative estimate of drug-likeness (QED) is 0.612. The molecule has 1 amide bonds. The van der Waals surface area contributed by atoms with Crippen LogP contribution in [0.25, 0.3) is 0 Å². The fraction of sp³-hybridized carbons (Fsp3) is 0.700. The molecule has 1 fully saturated rings. The molecule has 1 atom stereocenters. The van der Waals surface area contributed by atoms with E-state index in [0.717, 1.165) is 13.0 Å². The lowest BCUT2D eigenvalue weighted by atomic mass is 10.1. The Balaban J connectivity index is 2.11. The number of amides is 1. The lowest BCUT2D eigenvalue weighted by molar-refractivity contribution is -0.121. The van der Waals surface area contributed by atoms with Crippen LogP contribution >= 0.6 is 0 Å². The van der Waals surface area contributed by atoms with E-state index < -0.39 is 0 Å². The van der Waals surface area contributed by atoms with E-state index in [2.05, 4.69) is 22.5 Å². The summed E-state index contributed by atoms with van der Waals surface area (Å²) in [6, 6.07) is 0.384. The molecule has 1 unspecified atom stereocenters. The second kappa shape index (κ2) is 5.60. The molecule has 3 heteroatoms. The van der Waals surface area contributed by atoms with Crippen molar-refractivity contribution in [2.24, 2.45) is 0 Å². The Hall–Kier alpha value is -1.01. The standard InChI is InChI=1S/C10H16N2O/c1-2-3-6-12-10(13)8-9-5-4-7-11-9/h9,11H,4-8H2,1H3,(H,12,13). The molecule has 0 aromatic rings. The van der Waals surface area contributed by atoms with Gasteiger partial charge in [0.2, 0.25) is 5.91 Å². The summed E-state index contributed by atoms with van der Waals surface area (Å²) in [5.74, 6) is 5.64. The summed E-state index contributed by atoms with van der Waals surface area (Å²) in [4.78, 5) is 11.3. The van der Waals surface area contributed by atoms with Crippen molar-refractivity contribution in [3.8, 4) is 11.8 Å². The van der Waals surface area contributed by atoms with Crippen LogP contribution in [-0.2, 0) is 4.79 Å². The molecule has 1 aliphatic heterocycles. The zero-order chi connectivity index (χ0) is 9.52. The Kier molecular flexibility index (Phi) is 4.34. The highest BCUT2D eigenvalue weighted by atomic mass is 16.1. The smallest absolute Gasteiger partial charge is 0.222 e. The van der Waals surface area contributed by atoms with Crippen molar-refractivity contribution in [1.82, 2.24) is 10.6 Å². The maximum atomic E-state index is 11.3.